The van der Waals surface area contributed by atoms with Gasteiger partial charge in [-0.1, -0.05) is 11.6 Å². The lowest BCUT2D eigenvalue weighted by molar-refractivity contribution is 0.0365. The van der Waals surface area contributed by atoms with Gasteiger partial charge in [-0.15, -0.1) is 0 Å². The SMILES string of the molecule is COCC(CNc1nccc(C(=N)N)c1Cl)OC. The second-order valence-corrected chi connectivity index (χ2v) is 4.01. The molecule has 0 radical (unpaired) electrons. The zero-order valence-electron chi connectivity index (χ0n) is 10.4. The maximum atomic E-state index is 7.38. The van der Waals surface area contributed by atoms with Gasteiger partial charge in [-0.25, -0.2) is 4.98 Å². The Labute approximate surface area is 111 Å². The van der Waals surface area contributed by atoms with Gasteiger partial charge in [-0.05, 0) is 6.07 Å². The molecule has 1 heterocycles. The van der Waals surface area contributed by atoms with E-state index in [1.54, 1.807) is 26.5 Å². The first-order valence-corrected chi connectivity index (χ1v) is 5.72. The molecule has 1 aromatic heterocycles. The van der Waals surface area contributed by atoms with Crippen molar-refractivity contribution in [1.82, 2.24) is 4.98 Å². The molecule has 6 nitrogen and oxygen atoms in total. The summed E-state index contributed by atoms with van der Waals surface area (Å²) in [5, 5.41) is 10.8. The van der Waals surface area contributed by atoms with Gasteiger partial charge in [0.15, 0.2) is 0 Å². The van der Waals surface area contributed by atoms with E-state index in [-0.39, 0.29) is 11.9 Å². The van der Waals surface area contributed by atoms with Crippen LogP contribution >= 0.6 is 11.6 Å². The van der Waals surface area contributed by atoms with E-state index in [4.69, 9.17) is 32.2 Å². The number of anilines is 1. The Hall–Kier alpha value is -1.37. The Morgan fingerprint density at radius 3 is 2.89 bits per heavy atom. The summed E-state index contributed by atoms with van der Waals surface area (Å²) in [5.41, 5.74) is 5.87. The summed E-state index contributed by atoms with van der Waals surface area (Å²) in [4.78, 5) is 4.10. The summed E-state index contributed by atoms with van der Waals surface area (Å²) in [5.74, 6) is 0.383. The normalized spacial score (nSPS) is 12.2. The zero-order valence-corrected chi connectivity index (χ0v) is 11.1. The number of nitrogens with zero attached hydrogens (tertiary/aromatic N) is 1. The number of nitrogens with one attached hydrogen (secondary N) is 2. The topological polar surface area (TPSA) is 93.2 Å². The molecule has 0 spiro atoms. The van der Waals surface area contributed by atoms with Crippen molar-refractivity contribution in [1.29, 1.82) is 5.41 Å². The van der Waals surface area contributed by atoms with Crippen LogP contribution < -0.4 is 11.1 Å². The second-order valence-electron chi connectivity index (χ2n) is 3.63. The first-order valence-electron chi connectivity index (χ1n) is 5.34. The van der Waals surface area contributed by atoms with Crippen LogP contribution in [0.15, 0.2) is 12.3 Å². The van der Waals surface area contributed by atoms with Crippen LogP contribution in [0.1, 0.15) is 5.56 Å². The lowest BCUT2D eigenvalue weighted by Gasteiger charge is -2.16. The number of amidine groups is 1. The summed E-state index contributed by atoms with van der Waals surface area (Å²) < 4.78 is 10.2. The van der Waals surface area contributed by atoms with Crippen LogP contribution in [-0.2, 0) is 9.47 Å². The van der Waals surface area contributed by atoms with Crippen LogP contribution in [-0.4, -0.2) is 44.3 Å². The Morgan fingerprint density at radius 2 is 2.33 bits per heavy atom. The highest BCUT2D eigenvalue weighted by molar-refractivity contribution is 6.36. The van der Waals surface area contributed by atoms with Crippen LogP contribution in [0.4, 0.5) is 5.82 Å². The molecule has 4 N–H and O–H groups in total. The number of aromatic nitrogens is 1. The van der Waals surface area contributed by atoms with Crippen molar-refractivity contribution >= 4 is 23.3 Å². The Kier molecular flexibility index (Phi) is 5.84. The predicted molar refractivity (Wildman–Crippen MR) is 71.4 cm³/mol. The molecule has 0 saturated carbocycles. The largest absolute Gasteiger partial charge is 0.384 e. The van der Waals surface area contributed by atoms with E-state index < -0.39 is 0 Å². The molecular formula is C11H17ClN4O2. The number of nitrogens with two attached hydrogens (primary N) is 1. The van der Waals surface area contributed by atoms with Crippen molar-refractivity contribution in [3.8, 4) is 0 Å². The highest BCUT2D eigenvalue weighted by Gasteiger charge is 2.12. The standard InChI is InChI=1S/C11H17ClN4O2/c1-17-6-7(18-2)5-16-11-9(12)8(10(13)14)3-4-15-11/h3-4,7H,5-6H2,1-2H3,(H3,13,14)(H,15,16). The molecule has 0 aliphatic heterocycles. The fourth-order valence-electron chi connectivity index (χ4n) is 1.38. The fraction of sp³-hybridized carbons (Fsp3) is 0.455. The summed E-state index contributed by atoms with van der Waals surface area (Å²) in [6, 6.07) is 1.60. The summed E-state index contributed by atoms with van der Waals surface area (Å²) in [6.07, 6.45) is 1.44. The molecule has 0 aromatic carbocycles. The molecule has 100 valence electrons. The molecule has 1 unspecified atom stereocenters. The Balaban J connectivity index is 2.73. The quantitative estimate of drug-likeness (QED) is 0.510. The van der Waals surface area contributed by atoms with E-state index in [0.29, 0.717) is 29.6 Å². The van der Waals surface area contributed by atoms with Gasteiger partial charge in [0, 0.05) is 32.5 Å². The molecule has 7 heteroatoms. The number of methoxy groups -OCH3 is 2. The molecule has 0 saturated heterocycles. The molecule has 1 atom stereocenters. The molecule has 0 fully saturated rings. The number of rotatable bonds is 7. The van der Waals surface area contributed by atoms with Crippen molar-refractivity contribution < 1.29 is 9.47 Å². The molecule has 0 aliphatic rings. The van der Waals surface area contributed by atoms with Gasteiger partial charge in [0.05, 0.1) is 17.7 Å². The van der Waals surface area contributed by atoms with Crippen LogP contribution in [0, 0.1) is 5.41 Å². The number of pyridine rings is 1. The highest BCUT2D eigenvalue weighted by atomic mass is 35.5. The molecule has 18 heavy (non-hydrogen) atoms. The molecule has 0 bridgehead atoms. The van der Waals surface area contributed by atoms with Gasteiger partial charge >= 0.3 is 0 Å². The molecule has 0 aliphatic carbocycles. The minimum atomic E-state index is -0.103. The minimum absolute atomic E-state index is 0.0920. The smallest absolute Gasteiger partial charge is 0.145 e. The highest BCUT2D eigenvalue weighted by Crippen LogP contribution is 2.22. The molecule has 1 aromatic rings. The Bertz CT molecular complexity index is 414. The maximum Gasteiger partial charge on any atom is 0.145 e. The van der Waals surface area contributed by atoms with Crippen LogP contribution in [0.25, 0.3) is 0 Å². The van der Waals surface area contributed by atoms with Gasteiger partial charge < -0.3 is 20.5 Å². The number of hydrogen-bond acceptors (Lipinski definition) is 5. The number of nitrogen functional groups attached to an aromatic ring is 1. The van der Waals surface area contributed by atoms with E-state index in [1.165, 1.54) is 0 Å². The molecular weight excluding hydrogens is 256 g/mol. The monoisotopic (exact) mass is 272 g/mol. The second kappa shape index (κ2) is 7.15. The average Bonchev–Trinajstić information content (AvgIpc) is 2.35. The van der Waals surface area contributed by atoms with Gasteiger partial charge in [-0.3, -0.25) is 5.41 Å². The van der Waals surface area contributed by atoms with Crippen molar-refractivity contribution in [3.05, 3.63) is 22.8 Å². The van der Waals surface area contributed by atoms with Gasteiger partial charge in [0.2, 0.25) is 0 Å². The van der Waals surface area contributed by atoms with E-state index in [0.717, 1.165) is 0 Å². The van der Waals surface area contributed by atoms with Gasteiger partial charge in [-0.2, -0.15) is 0 Å². The van der Waals surface area contributed by atoms with Crippen LogP contribution in [0.3, 0.4) is 0 Å². The molecule has 0 amide bonds. The van der Waals surface area contributed by atoms with Crippen molar-refractivity contribution in [2.75, 3.05) is 32.7 Å². The van der Waals surface area contributed by atoms with E-state index in [2.05, 4.69) is 10.3 Å². The van der Waals surface area contributed by atoms with Crippen molar-refractivity contribution in [2.24, 2.45) is 5.73 Å². The van der Waals surface area contributed by atoms with Crippen LogP contribution in [0.5, 0.6) is 0 Å². The summed E-state index contributed by atoms with van der Waals surface area (Å²) in [6.45, 7) is 0.964. The number of ether oxygens (including phenoxy) is 2. The van der Waals surface area contributed by atoms with Crippen molar-refractivity contribution in [3.63, 3.8) is 0 Å². The first kappa shape index (κ1) is 14.7. The van der Waals surface area contributed by atoms with E-state index in [9.17, 15) is 0 Å². The van der Waals surface area contributed by atoms with E-state index >= 15 is 0 Å². The lowest BCUT2D eigenvalue weighted by Crippen LogP contribution is -2.27. The zero-order chi connectivity index (χ0) is 13.5. The maximum absolute atomic E-state index is 7.38. The van der Waals surface area contributed by atoms with Gasteiger partial charge in [0.1, 0.15) is 11.7 Å². The fourth-order valence-corrected chi connectivity index (χ4v) is 1.66. The third kappa shape index (κ3) is 3.83. The third-order valence-corrected chi connectivity index (χ3v) is 2.75. The molecule has 1 rings (SSSR count). The average molecular weight is 273 g/mol. The number of halogens is 1. The lowest BCUT2D eigenvalue weighted by atomic mass is 10.2. The summed E-state index contributed by atoms with van der Waals surface area (Å²) >= 11 is 6.09. The van der Waals surface area contributed by atoms with E-state index in [1.807, 2.05) is 0 Å². The minimum Gasteiger partial charge on any atom is -0.384 e. The van der Waals surface area contributed by atoms with Crippen LogP contribution in [0.2, 0.25) is 5.02 Å². The van der Waals surface area contributed by atoms with Crippen molar-refractivity contribution in [2.45, 2.75) is 6.10 Å². The predicted octanol–water partition coefficient (Wildman–Crippen LogP) is 1.09. The summed E-state index contributed by atoms with van der Waals surface area (Å²) in [7, 11) is 3.21. The third-order valence-electron chi connectivity index (χ3n) is 2.36. The Morgan fingerprint density at radius 1 is 1.61 bits per heavy atom. The first-order chi connectivity index (χ1) is 8.60. The number of hydrogen-bond donors (Lipinski definition) is 3. The van der Waals surface area contributed by atoms with Gasteiger partial charge in [0.25, 0.3) is 0 Å².